The Labute approximate surface area is 171 Å². The van der Waals surface area contributed by atoms with Crippen molar-refractivity contribution in [3.63, 3.8) is 0 Å². The minimum absolute atomic E-state index is 0.0968. The third-order valence-electron chi connectivity index (χ3n) is 4.88. The lowest BCUT2D eigenvalue weighted by Gasteiger charge is -2.12. The number of hydrogen-bond donors (Lipinski definition) is 0. The maximum Gasteiger partial charge on any atom is 0.263 e. The van der Waals surface area contributed by atoms with Crippen molar-refractivity contribution in [2.45, 2.75) is 48.0 Å². The first-order valence-corrected chi connectivity index (χ1v) is 12.2. The van der Waals surface area contributed by atoms with Crippen LogP contribution >= 0.6 is 34.9 Å². The number of hydrogen-bond acceptors (Lipinski definition) is 5. The number of allylic oxidation sites excluding steroid dienone is 1. The van der Waals surface area contributed by atoms with Gasteiger partial charge in [0.2, 0.25) is 0 Å². The Balaban J connectivity index is 1.71. The minimum Gasteiger partial charge on any atom is -0.283 e. The number of nitrogens with zero attached hydrogens (tertiary/aromatic N) is 2. The summed E-state index contributed by atoms with van der Waals surface area (Å²) in [5.41, 5.74) is 2.59. The first kappa shape index (κ1) is 18.8. The van der Waals surface area contributed by atoms with E-state index in [4.69, 9.17) is 4.98 Å². The van der Waals surface area contributed by atoms with Crippen molar-refractivity contribution in [2.24, 2.45) is 0 Å². The van der Waals surface area contributed by atoms with E-state index in [1.807, 2.05) is 0 Å². The van der Waals surface area contributed by atoms with Gasteiger partial charge >= 0.3 is 0 Å². The van der Waals surface area contributed by atoms with Crippen molar-refractivity contribution in [3.05, 3.63) is 63.3 Å². The van der Waals surface area contributed by atoms with Crippen LogP contribution in [0.3, 0.4) is 0 Å². The molecule has 0 N–H and O–H groups in total. The Bertz CT molecular complexity index is 1030. The minimum atomic E-state index is 0.0968. The van der Waals surface area contributed by atoms with Crippen LogP contribution in [0.2, 0.25) is 0 Å². The summed E-state index contributed by atoms with van der Waals surface area (Å²) in [5.74, 6) is 0.800. The molecular formula is C21H22N2OS3. The average molecular weight is 415 g/mol. The van der Waals surface area contributed by atoms with Gasteiger partial charge < -0.3 is 0 Å². The normalized spacial score (nSPS) is 13.7. The van der Waals surface area contributed by atoms with Crippen LogP contribution in [0.15, 0.2) is 51.8 Å². The van der Waals surface area contributed by atoms with Crippen LogP contribution in [-0.4, -0.2) is 15.8 Å². The highest BCUT2D eigenvalue weighted by Gasteiger charge is 2.21. The molecule has 0 saturated carbocycles. The van der Waals surface area contributed by atoms with Gasteiger partial charge in [0.1, 0.15) is 4.83 Å². The van der Waals surface area contributed by atoms with Gasteiger partial charge in [-0.1, -0.05) is 30.0 Å². The molecule has 0 amide bonds. The summed E-state index contributed by atoms with van der Waals surface area (Å²) >= 11 is 5.09. The monoisotopic (exact) mass is 414 g/mol. The standard InChI is InChI=1S/C21H22N2OS3/c1-3-12-23-20(24)18-16-6-4-5-7-17(16)27-19(18)22-21(23)26-13-14-8-10-15(25-2)11-9-14/h3,8-11H,1,4-7,12-13H2,2H3. The third kappa shape index (κ3) is 3.75. The Morgan fingerprint density at radius 1 is 1.26 bits per heavy atom. The molecular weight excluding hydrogens is 392 g/mol. The fraction of sp³-hybridized carbons (Fsp3) is 0.333. The largest absolute Gasteiger partial charge is 0.283 e. The first-order chi connectivity index (χ1) is 13.2. The maximum absolute atomic E-state index is 13.2. The SMILES string of the molecule is C=CCn1c(SCc2ccc(SC)cc2)nc2sc3c(c2c1=O)CCCC3. The van der Waals surface area contributed by atoms with Crippen LogP contribution in [0.4, 0.5) is 0 Å². The van der Waals surface area contributed by atoms with Gasteiger partial charge in [-0.05, 0) is 55.2 Å². The van der Waals surface area contributed by atoms with Crippen molar-refractivity contribution >= 4 is 45.1 Å². The van der Waals surface area contributed by atoms with E-state index in [2.05, 4.69) is 37.1 Å². The van der Waals surface area contributed by atoms with Crippen molar-refractivity contribution in [2.75, 3.05) is 6.26 Å². The molecule has 6 heteroatoms. The highest BCUT2D eigenvalue weighted by atomic mass is 32.2. The summed E-state index contributed by atoms with van der Waals surface area (Å²) in [6.45, 7) is 4.33. The molecule has 1 aliphatic carbocycles. The lowest BCUT2D eigenvalue weighted by Crippen LogP contribution is -2.23. The predicted octanol–water partition coefficient (Wildman–Crippen LogP) is 5.54. The van der Waals surface area contributed by atoms with Crippen molar-refractivity contribution in [1.29, 1.82) is 0 Å². The van der Waals surface area contributed by atoms with Gasteiger partial charge in [-0.25, -0.2) is 4.98 Å². The molecule has 3 aromatic rings. The Hall–Kier alpha value is -1.50. The summed E-state index contributed by atoms with van der Waals surface area (Å²) in [7, 11) is 0. The Kier molecular flexibility index (Phi) is 5.76. The van der Waals surface area contributed by atoms with Crippen LogP contribution in [0.5, 0.6) is 0 Å². The van der Waals surface area contributed by atoms with E-state index in [1.165, 1.54) is 33.7 Å². The zero-order valence-corrected chi connectivity index (χ0v) is 17.8. The quantitative estimate of drug-likeness (QED) is 0.301. The van der Waals surface area contributed by atoms with E-state index in [-0.39, 0.29) is 5.56 Å². The summed E-state index contributed by atoms with van der Waals surface area (Å²) in [5, 5.41) is 1.64. The molecule has 0 unspecified atom stereocenters. The summed E-state index contributed by atoms with van der Waals surface area (Å²) < 4.78 is 1.79. The van der Waals surface area contributed by atoms with Gasteiger partial charge in [0, 0.05) is 22.1 Å². The second-order valence-electron chi connectivity index (χ2n) is 6.63. The predicted molar refractivity (Wildman–Crippen MR) is 119 cm³/mol. The molecule has 0 aliphatic heterocycles. The number of rotatable bonds is 6. The van der Waals surface area contributed by atoms with Gasteiger partial charge in [-0.15, -0.1) is 29.7 Å². The van der Waals surface area contributed by atoms with Gasteiger partial charge in [0.25, 0.3) is 5.56 Å². The molecule has 2 aromatic heterocycles. The van der Waals surface area contributed by atoms with Crippen molar-refractivity contribution in [3.8, 4) is 0 Å². The van der Waals surface area contributed by atoms with Crippen LogP contribution in [0.1, 0.15) is 28.8 Å². The zero-order valence-electron chi connectivity index (χ0n) is 15.4. The van der Waals surface area contributed by atoms with Crippen LogP contribution in [0, 0.1) is 0 Å². The highest BCUT2D eigenvalue weighted by Crippen LogP contribution is 2.35. The molecule has 0 atom stereocenters. The fourth-order valence-electron chi connectivity index (χ4n) is 3.49. The number of benzene rings is 1. The van der Waals surface area contributed by atoms with Gasteiger partial charge in [-0.3, -0.25) is 9.36 Å². The van der Waals surface area contributed by atoms with E-state index in [0.29, 0.717) is 6.54 Å². The molecule has 0 spiro atoms. The molecule has 27 heavy (non-hydrogen) atoms. The molecule has 1 aliphatic rings. The molecule has 3 nitrogen and oxygen atoms in total. The smallest absolute Gasteiger partial charge is 0.263 e. The van der Waals surface area contributed by atoms with Gasteiger partial charge in [0.15, 0.2) is 5.16 Å². The maximum atomic E-state index is 13.2. The molecule has 4 rings (SSSR count). The second kappa shape index (κ2) is 8.25. The summed E-state index contributed by atoms with van der Waals surface area (Å²) in [6.07, 6.45) is 8.34. The average Bonchev–Trinajstić information content (AvgIpc) is 3.07. The molecule has 0 radical (unpaired) electrons. The van der Waals surface area contributed by atoms with E-state index in [0.717, 1.165) is 34.0 Å². The number of thiophene rings is 1. The fourth-order valence-corrected chi connectivity index (χ4v) is 6.16. The number of aromatic nitrogens is 2. The Morgan fingerprint density at radius 3 is 2.78 bits per heavy atom. The van der Waals surface area contributed by atoms with Crippen molar-refractivity contribution < 1.29 is 0 Å². The van der Waals surface area contributed by atoms with Gasteiger partial charge in [-0.2, -0.15) is 0 Å². The molecule has 1 aromatic carbocycles. The lowest BCUT2D eigenvalue weighted by molar-refractivity contribution is 0.668. The summed E-state index contributed by atoms with van der Waals surface area (Å²) in [6, 6.07) is 8.58. The van der Waals surface area contributed by atoms with Crippen LogP contribution in [0.25, 0.3) is 10.2 Å². The van der Waals surface area contributed by atoms with E-state index >= 15 is 0 Å². The molecule has 140 valence electrons. The first-order valence-electron chi connectivity index (χ1n) is 9.13. The second-order valence-corrected chi connectivity index (χ2v) is 9.53. The number of thioether (sulfide) groups is 2. The van der Waals surface area contributed by atoms with E-state index in [9.17, 15) is 4.79 Å². The molecule has 0 saturated heterocycles. The highest BCUT2D eigenvalue weighted by molar-refractivity contribution is 7.98. The lowest BCUT2D eigenvalue weighted by atomic mass is 9.97. The van der Waals surface area contributed by atoms with Gasteiger partial charge in [0.05, 0.1) is 5.39 Å². The zero-order chi connectivity index (χ0) is 18.8. The number of fused-ring (bicyclic) bond motifs is 3. The Morgan fingerprint density at radius 2 is 2.04 bits per heavy atom. The molecule has 0 fully saturated rings. The molecule has 2 heterocycles. The summed E-state index contributed by atoms with van der Waals surface area (Å²) in [4.78, 5) is 21.7. The topological polar surface area (TPSA) is 34.9 Å². The van der Waals surface area contributed by atoms with E-state index < -0.39 is 0 Å². The third-order valence-corrected chi connectivity index (χ3v) is 7.86. The van der Waals surface area contributed by atoms with Crippen LogP contribution < -0.4 is 5.56 Å². The number of aryl methyl sites for hydroxylation is 2. The van der Waals surface area contributed by atoms with Crippen molar-refractivity contribution in [1.82, 2.24) is 9.55 Å². The van der Waals surface area contributed by atoms with Crippen LogP contribution in [-0.2, 0) is 25.1 Å². The van der Waals surface area contributed by atoms with E-state index in [1.54, 1.807) is 45.5 Å². The molecule has 0 bridgehead atoms.